The Morgan fingerprint density at radius 3 is 2.35 bits per heavy atom. The highest BCUT2D eigenvalue weighted by Crippen LogP contribution is 2.26. The lowest BCUT2D eigenvalue weighted by molar-refractivity contribution is -0.384. The third-order valence-electron chi connectivity index (χ3n) is 4.79. The number of para-hydroxylation sites is 1. The lowest BCUT2D eigenvalue weighted by atomic mass is 10.1. The molecule has 1 atom stereocenters. The SMILES string of the molecule is CC[C@@H](C(=O)NCCCN(C)c1ccccc1)N(c1cccc([N+](=O)[O-])c1)S(C)(=O)=O. The molecule has 31 heavy (non-hydrogen) atoms. The number of carbonyl (C=O) groups excluding carboxylic acids is 1. The minimum Gasteiger partial charge on any atom is -0.375 e. The Balaban J connectivity index is 2.07. The third kappa shape index (κ3) is 6.68. The minimum absolute atomic E-state index is 0.0857. The quantitative estimate of drug-likeness (QED) is 0.321. The highest BCUT2D eigenvalue weighted by molar-refractivity contribution is 7.92. The van der Waals surface area contributed by atoms with Crippen LogP contribution in [0.4, 0.5) is 17.1 Å². The fraction of sp³-hybridized carbons (Fsp3) is 0.381. The van der Waals surface area contributed by atoms with Crippen molar-refractivity contribution in [2.45, 2.75) is 25.8 Å². The zero-order valence-corrected chi connectivity index (χ0v) is 18.7. The maximum atomic E-state index is 12.8. The Bertz CT molecular complexity index is 998. The van der Waals surface area contributed by atoms with E-state index in [0.29, 0.717) is 19.5 Å². The van der Waals surface area contributed by atoms with Crippen molar-refractivity contribution in [2.24, 2.45) is 0 Å². The number of carbonyl (C=O) groups is 1. The summed E-state index contributed by atoms with van der Waals surface area (Å²) in [7, 11) is -1.90. The zero-order chi connectivity index (χ0) is 23.0. The van der Waals surface area contributed by atoms with E-state index >= 15 is 0 Å². The van der Waals surface area contributed by atoms with E-state index in [1.165, 1.54) is 18.2 Å². The van der Waals surface area contributed by atoms with Crippen LogP contribution in [0.25, 0.3) is 0 Å². The summed E-state index contributed by atoms with van der Waals surface area (Å²) in [4.78, 5) is 25.4. The van der Waals surface area contributed by atoms with Gasteiger partial charge in [-0.25, -0.2) is 8.42 Å². The van der Waals surface area contributed by atoms with E-state index in [0.717, 1.165) is 22.3 Å². The molecule has 0 aliphatic heterocycles. The van der Waals surface area contributed by atoms with E-state index < -0.39 is 26.9 Å². The van der Waals surface area contributed by atoms with Crippen molar-refractivity contribution in [3.8, 4) is 0 Å². The number of nitro benzene ring substituents is 1. The molecule has 0 heterocycles. The summed E-state index contributed by atoms with van der Waals surface area (Å²) in [5.74, 6) is -0.443. The first-order chi connectivity index (χ1) is 14.6. The number of nitro groups is 1. The van der Waals surface area contributed by atoms with Gasteiger partial charge in [0.1, 0.15) is 6.04 Å². The van der Waals surface area contributed by atoms with E-state index in [1.54, 1.807) is 6.92 Å². The van der Waals surface area contributed by atoms with Gasteiger partial charge >= 0.3 is 0 Å². The fourth-order valence-corrected chi connectivity index (χ4v) is 4.46. The summed E-state index contributed by atoms with van der Waals surface area (Å²) in [5, 5.41) is 13.9. The monoisotopic (exact) mass is 448 g/mol. The molecular weight excluding hydrogens is 420 g/mol. The number of anilines is 2. The summed E-state index contributed by atoms with van der Waals surface area (Å²) in [6.07, 6.45) is 1.87. The summed E-state index contributed by atoms with van der Waals surface area (Å²) in [5.41, 5.74) is 0.905. The molecule has 2 rings (SSSR count). The molecule has 0 radical (unpaired) electrons. The summed E-state index contributed by atoms with van der Waals surface area (Å²) < 4.78 is 25.9. The van der Waals surface area contributed by atoms with Gasteiger partial charge in [-0.15, -0.1) is 0 Å². The van der Waals surface area contributed by atoms with Crippen LogP contribution in [0.1, 0.15) is 19.8 Å². The van der Waals surface area contributed by atoms with Crippen molar-refractivity contribution < 1.29 is 18.1 Å². The second-order valence-electron chi connectivity index (χ2n) is 7.16. The Labute approximate surface area is 182 Å². The minimum atomic E-state index is -3.86. The number of nitrogens with zero attached hydrogens (tertiary/aromatic N) is 3. The maximum Gasteiger partial charge on any atom is 0.271 e. The first-order valence-corrected chi connectivity index (χ1v) is 11.8. The Morgan fingerprint density at radius 1 is 1.13 bits per heavy atom. The number of sulfonamides is 1. The van der Waals surface area contributed by atoms with E-state index in [2.05, 4.69) is 10.2 Å². The van der Waals surface area contributed by atoms with E-state index in [4.69, 9.17) is 0 Å². The molecule has 0 fully saturated rings. The second-order valence-corrected chi connectivity index (χ2v) is 9.02. The standard InChI is InChI=1S/C21H28N4O5S/c1-4-20(21(26)22-14-9-15-23(2)17-10-6-5-7-11-17)24(31(3,29)30)18-12-8-13-19(16-18)25(27)28/h5-8,10-13,16,20H,4,9,14-15H2,1-3H3,(H,22,26)/t20-/m0/s1. The van der Waals surface area contributed by atoms with Crippen molar-refractivity contribution in [1.29, 1.82) is 0 Å². The topological polar surface area (TPSA) is 113 Å². The van der Waals surface area contributed by atoms with Crippen LogP contribution in [0, 0.1) is 10.1 Å². The van der Waals surface area contributed by atoms with Crippen LogP contribution in [-0.2, 0) is 14.8 Å². The highest BCUT2D eigenvalue weighted by atomic mass is 32.2. The van der Waals surface area contributed by atoms with Crippen LogP contribution in [0.3, 0.4) is 0 Å². The van der Waals surface area contributed by atoms with Crippen molar-refractivity contribution in [3.63, 3.8) is 0 Å². The smallest absolute Gasteiger partial charge is 0.271 e. The van der Waals surface area contributed by atoms with Gasteiger partial charge in [0, 0.05) is 38.0 Å². The van der Waals surface area contributed by atoms with Gasteiger partial charge in [-0.2, -0.15) is 0 Å². The summed E-state index contributed by atoms with van der Waals surface area (Å²) in [6.45, 7) is 2.78. The Hall–Kier alpha value is -3.14. The lowest BCUT2D eigenvalue weighted by Gasteiger charge is -2.30. The first kappa shape index (κ1) is 24.1. The third-order valence-corrected chi connectivity index (χ3v) is 5.97. The molecule has 0 saturated heterocycles. The normalized spacial score (nSPS) is 12.1. The molecule has 1 N–H and O–H groups in total. The summed E-state index contributed by atoms with van der Waals surface area (Å²) >= 11 is 0. The molecule has 0 aliphatic rings. The number of non-ortho nitro benzene ring substituents is 1. The molecule has 0 bridgehead atoms. The second kappa shape index (κ2) is 10.8. The highest BCUT2D eigenvalue weighted by Gasteiger charge is 2.32. The van der Waals surface area contributed by atoms with Crippen molar-refractivity contribution in [1.82, 2.24) is 5.32 Å². The maximum absolute atomic E-state index is 12.8. The predicted octanol–water partition coefficient (Wildman–Crippen LogP) is 2.78. The van der Waals surface area contributed by atoms with Crippen LogP contribution in [0.5, 0.6) is 0 Å². The van der Waals surface area contributed by atoms with Gasteiger partial charge in [-0.05, 0) is 31.0 Å². The molecule has 0 saturated carbocycles. The van der Waals surface area contributed by atoms with Crippen LogP contribution in [-0.4, -0.2) is 51.7 Å². The number of hydrogen-bond acceptors (Lipinski definition) is 6. The van der Waals surface area contributed by atoms with E-state index in [-0.39, 0.29) is 17.8 Å². The fourth-order valence-electron chi connectivity index (χ4n) is 3.26. The van der Waals surface area contributed by atoms with Crippen molar-refractivity contribution in [2.75, 3.05) is 35.6 Å². The number of benzene rings is 2. The van der Waals surface area contributed by atoms with Crippen molar-refractivity contribution in [3.05, 3.63) is 64.7 Å². The lowest BCUT2D eigenvalue weighted by Crippen LogP contribution is -2.49. The van der Waals surface area contributed by atoms with Gasteiger partial charge in [0.15, 0.2) is 0 Å². The van der Waals surface area contributed by atoms with Gasteiger partial charge in [0.2, 0.25) is 15.9 Å². The molecule has 1 amide bonds. The van der Waals surface area contributed by atoms with E-state index in [1.807, 2.05) is 37.4 Å². The molecular formula is C21H28N4O5S. The Morgan fingerprint density at radius 2 is 1.77 bits per heavy atom. The number of nitrogens with one attached hydrogen (secondary N) is 1. The van der Waals surface area contributed by atoms with Gasteiger partial charge in [0.05, 0.1) is 16.9 Å². The van der Waals surface area contributed by atoms with Gasteiger partial charge in [0.25, 0.3) is 5.69 Å². The van der Waals surface area contributed by atoms with Gasteiger partial charge in [-0.1, -0.05) is 31.2 Å². The molecule has 10 heteroatoms. The zero-order valence-electron chi connectivity index (χ0n) is 17.9. The van der Waals surface area contributed by atoms with Crippen LogP contribution in [0.2, 0.25) is 0 Å². The molecule has 2 aromatic carbocycles. The predicted molar refractivity (Wildman–Crippen MR) is 122 cm³/mol. The van der Waals surface area contributed by atoms with Crippen LogP contribution in [0.15, 0.2) is 54.6 Å². The molecule has 0 unspecified atom stereocenters. The molecule has 0 aromatic heterocycles. The molecule has 9 nitrogen and oxygen atoms in total. The van der Waals surface area contributed by atoms with Crippen LogP contribution >= 0.6 is 0 Å². The molecule has 0 aliphatic carbocycles. The largest absolute Gasteiger partial charge is 0.375 e. The molecule has 0 spiro atoms. The summed E-state index contributed by atoms with van der Waals surface area (Å²) in [6, 6.07) is 14.1. The molecule has 168 valence electrons. The number of hydrogen-bond donors (Lipinski definition) is 1. The van der Waals surface area contributed by atoms with Gasteiger partial charge < -0.3 is 10.2 Å². The molecule has 2 aromatic rings. The van der Waals surface area contributed by atoms with Crippen molar-refractivity contribution >= 4 is 33.0 Å². The first-order valence-electron chi connectivity index (χ1n) is 9.93. The van der Waals surface area contributed by atoms with Gasteiger partial charge in [-0.3, -0.25) is 19.2 Å². The number of rotatable bonds is 11. The average Bonchev–Trinajstić information content (AvgIpc) is 2.74. The average molecular weight is 449 g/mol. The number of amides is 1. The van der Waals surface area contributed by atoms with E-state index in [9.17, 15) is 23.3 Å². The van der Waals surface area contributed by atoms with Crippen LogP contribution < -0.4 is 14.5 Å². The Kier molecular flexibility index (Phi) is 8.38.